The Balaban J connectivity index is 5.48. The third-order valence-electron chi connectivity index (χ3n) is 5.30. The van der Waals surface area contributed by atoms with Crippen molar-refractivity contribution in [3.63, 3.8) is 0 Å². The standard InChI is InChI=1S/3C8H16OS2.Ga/c3*1-5-6(8(2,3)4)9-7(10)11;/h3*6H,5H2,1-4H3,(H,10,11);/q;;;+3/p-3. The average Bonchev–Trinajstić information content (AvgIpc) is 2.65. The molecule has 0 N–H and O–H groups in total. The molecule has 0 amide bonds. The number of hydrogen-bond acceptors (Lipinski definition) is 9. The Bertz CT molecular complexity index is 577. The van der Waals surface area contributed by atoms with E-state index in [9.17, 15) is 0 Å². The van der Waals surface area contributed by atoms with Crippen LogP contribution in [-0.2, 0) is 14.2 Å². The molecule has 0 spiro atoms. The second-order valence-electron chi connectivity index (χ2n) is 11.5. The van der Waals surface area contributed by atoms with E-state index < -0.39 is 12.5 Å². The van der Waals surface area contributed by atoms with Crippen molar-refractivity contribution >= 4 is 91.4 Å². The Labute approximate surface area is 240 Å². The van der Waals surface area contributed by atoms with E-state index >= 15 is 0 Å². The molecule has 0 saturated heterocycles. The summed E-state index contributed by atoms with van der Waals surface area (Å²) in [5, 5.41) is 0. The molecule has 0 aromatic carbocycles. The molecule has 0 aliphatic heterocycles. The van der Waals surface area contributed by atoms with Gasteiger partial charge in [-0.1, -0.05) is 0 Å². The van der Waals surface area contributed by atoms with Gasteiger partial charge in [0.2, 0.25) is 0 Å². The van der Waals surface area contributed by atoms with Gasteiger partial charge in [0.25, 0.3) is 0 Å². The first-order chi connectivity index (χ1) is 15.3. The van der Waals surface area contributed by atoms with Crippen molar-refractivity contribution in [2.45, 2.75) is 121 Å². The fourth-order valence-electron chi connectivity index (χ4n) is 3.36. The quantitative estimate of drug-likeness (QED) is 0.180. The Morgan fingerprint density at radius 1 is 0.559 bits per heavy atom. The SMILES string of the molecule is CCC(OC(=S)[S][Ga]([S]C(=S)OC(CC)C(C)(C)C)[S]C(=S)OC(CC)C(C)(C)C)C(C)(C)C. The van der Waals surface area contributed by atoms with Gasteiger partial charge in [-0.05, 0) is 0 Å². The van der Waals surface area contributed by atoms with Crippen molar-refractivity contribution in [3.8, 4) is 0 Å². The number of rotatable bonds is 9. The third-order valence-corrected chi connectivity index (χ3v) is 27.8. The first-order valence-electron chi connectivity index (χ1n) is 12.0. The molecule has 3 atom stereocenters. The van der Waals surface area contributed by atoms with E-state index in [1.165, 1.54) is 0 Å². The Kier molecular flexibility index (Phi) is 16.3. The molecule has 3 nitrogen and oxygen atoms in total. The first kappa shape index (κ1) is 35.4. The van der Waals surface area contributed by atoms with Crippen LogP contribution in [0.25, 0.3) is 0 Å². The summed E-state index contributed by atoms with van der Waals surface area (Å²) in [7, 11) is 4.90. The summed E-state index contributed by atoms with van der Waals surface area (Å²) in [4.78, 5) is 0. The maximum atomic E-state index is 6.22. The van der Waals surface area contributed by atoms with Crippen molar-refractivity contribution in [2.24, 2.45) is 16.2 Å². The summed E-state index contributed by atoms with van der Waals surface area (Å²) < 4.78 is 20.4. The van der Waals surface area contributed by atoms with Crippen LogP contribution in [0.2, 0.25) is 0 Å². The van der Waals surface area contributed by atoms with Gasteiger partial charge in [-0.3, -0.25) is 0 Å². The van der Waals surface area contributed by atoms with Crippen LogP contribution >= 0.6 is 65.7 Å². The topological polar surface area (TPSA) is 27.7 Å². The number of hydrogen-bond donors (Lipinski definition) is 0. The minimum atomic E-state index is -2.41. The van der Waals surface area contributed by atoms with Gasteiger partial charge < -0.3 is 0 Å². The van der Waals surface area contributed by atoms with Crippen LogP contribution < -0.4 is 0 Å². The molecule has 0 heterocycles. The molecule has 198 valence electrons. The zero-order valence-electron chi connectivity index (χ0n) is 23.1. The summed E-state index contributed by atoms with van der Waals surface area (Å²) in [6.45, 7) is 26.0. The van der Waals surface area contributed by atoms with Gasteiger partial charge in [0.1, 0.15) is 0 Å². The molecule has 0 aliphatic rings. The molecule has 10 heteroatoms. The molecule has 0 radical (unpaired) electrons. The van der Waals surface area contributed by atoms with Gasteiger partial charge in [0.05, 0.1) is 0 Å². The van der Waals surface area contributed by atoms with Crippen LogP contribution in [-0.4, -0.2) is 44.0 Å². The monoisotopic (exact) mass is 642 g/mol. The van der Waals surface area contributed by atoms with Gasteiger partial charge >= 0.3 is 243 Å². The van der Waals surface area contributed by atoms with Crippen LogP contribution in [0.15, 0.2) is 0 Å². The van der Waals surface area contributed by atoms with Gasteiger partial charge in [0.15, 0.2) is 0 Å². The van der Waals surface area contributed by atoms with E-state index in [1.807, 2.05) is 0 Å². The van der Waals surface area contributed by atoms with Gasteiger partial charge in [0, 0.05) is 0 Å². The van der Waals surface area contributed by atoms with Crippen molar-refractivity contribution in [1.82, 2.24) is 0 Å². The van der Waals surface area contributed by atoms with E-state index in [0.717, 1.165) is 19.3 Å². The van der Waals surface area contributed by atoms with Gasteiger partial charge in [-0.25, -0.2) is 0 Å². The third kappa shape index (κ3) is 14.3. The fourth-order valence-corrected chi connectivity index (χ4v) is 30.4. The minimum absolute atomic E-state index is 0.0150. The summed E-state index contributed by atoms with van der Waals surface area (Å²) in [5.41, 5.74) is 0.0449. The van der Waals surface area contributed by atoms with Crippen molar-refractivity contribution in [2.75, 3.05) is 0 Å². The average molecular weight is 644 g/mol. The number of ether oxygens (including phenoxy) is 3. The molecule has 0 rings (SSSR count). The fraction of sp³-hybridized carbons (Fsp3) is 0.875. The van der Waals surface area contributed by atoms with Gasteiger partial charge in [-0.2, -0.15) is 0 Å². The van der Waals surface area contributed by atoms with E-state index in [0.29, 0.717) is 13.1 Å². The molecule has 0 saturated carbocycles. The molecular formula is C24H45GaO3S6. The zero-order chi connectivity index (χ0) is 26.9. The molecule has 3 unspecified atom stereocenters. The summed E-state index contributed by atoms with van der Waals surface area (Å²) in [5.74, 6) is 0. The van der Waals surface area contributed by atoms with Gasteiger partial charge in [-0.15, -0.1) is 0 Å². The van der Waals surface area contributed by atoms with E-state index in [-0.39, 0.29) is 34.6 Å². The predicted octanol–water partition coefficient (Wildman–Crippen LogP) is 9.55. The van der Waals surface area contributed by atoms with Crippen LogP contribution in [0, 0.1) is 16.2 Å². The summed E-state index contributed by atoms with van der Waals surface area (Å²) in [6.07, 6.45) is 2.89. The Morgan fingerprint density at radius 2 is 0.765 bits per heavy atom. The normalized spacial score (nSPS) is 15.2. The van der Waals surface area contributed by atoms with Crippen molar-refractivity contribution in [3.05, 3.63) is 0 Å². The van der Waals surface area contributed by atoms with Crippen molar-refractivity contribution < 1.29 is 14.2 Å². The van der Waals surface area contributed by atoms with E-state index in [1.54, 1.807) is 29.1 Å². The molecule has 0 aromatic rings. The van der Waals surface area contributed by atoms with E-state index in [2.05, 4.69) is 83.1 Å². The Hall–Kier alpha value is 1.36. The molecule has 0 aliphatic carbocycles. The predicted molar refractivity (Wildman–Crippen MR) is 170 cm³/mol. The number of thiocarbonyl (C=S) groups is 3. The molecular weight excluding hydrogens is 598 g/mol. The molecule has 0 aromatic heterocycles. The second-order valence-corrected chi connectivity index (χ2v) is 32.9. The first-order valence-corrected chi connectivity index (χ1v) is 24.7. The zero-order valence-corrected chi connectivity index (χ0v) is 30.4. The molecule has 0 bridgehead atoms. The summed E-state index contributed by atoms with van der Waals surface area (Å²) in [6, 6.07) is 0. The van der Waals surface area contributed by atoms with Crippen LogP contribution in [0.1, 0.15) is 102 Å². The maximum absolute atomic E-state index is 6.22. The second kappa shape index (κ2) is 15.7. The molecule has 34 heavy (non-hydrogen) atoms. The van der Waals surface area contributed by atoms with Crippen LogP contribution in [0.5, 0.6) is 0 Å². The van der Waals surface area contributed by atoms with Crippen molar-refractivity contribution in [1.29, 1.82) is 0 Å². The summed E-state index contributed by atoms with van der Waals surface area (Å²) >= 11 is 14.6. The van der Waals surface area contributed by atoms with Crippen LogP contribution in [0.3, 0.4) is 0 Å². The Morgan fingerprint density at radius 3 is 0.912 bits per heavy atom. The van der Waals surface area contributed by atoms with E-state index in [4.69, 9.17) is 50.9 Å². The van der Waals surface area contributed by atoms with Crippen LogP contribution in [0.4, 0.5) is 0 Å². The molecule has 0 fully saturated rings.